The van der Waals surface area contributed by atoms with Gasteiger partial charge in [0.2, 0.25) is 0 Å². The van der Waals surface area contributed by atoms with Crippen molar-refractivity contribution in [1.82, 2.24) is 5.32 Å². The summed E-state index contributed by atoms with van der Waals surface area (Å²) in [6.45, 7) is 2.47. The molecule has 0 spiro atoms. The van der Waals surface area contributed by atoms with E-state index in [-0.39, 0.29) is 17.9 Å². The molecule has 2 N–H and O–H groups in total. The number of rotatable bonds is 7. The summed E-state index contributed by atoms with van der Waals surface area (Å²) in [5.41, 5.74) is 0.106. The molecule has 2 rings (SSSR count). The summed E-state index contributed by atoms with van der Waals surface area (Å²) in [6, 6.07) is 7.08. The number of ether oxygens (including phenoxy) is 1. The predicted octanol–water partition coefficient (Wildman–Crippen LogP) is 2.39. The maximum absolute atomic E-state index is 12.0. The predicted molar refractivity (Wildman–Crippen MR) is 77.9 cm³/mol. The molecule has 1 fully saturated rings. The number of benzene rings is 1. The Kier molecular flexibility index (Phi) is 4.89. The third-order valence-corrected chi connectivity index (χ3v) is 4.06. The van der Waals surface area contributed by atoms with Gasteiger partial charge in [-0.25, -0.2) is 0 Å². The third kappa shape index (κ3) is 3.87. The molecule has 0 heterocycles. The summed E-state index contributed by atoms with van der Waals surface area (Å²) >= 11 is 5.99. The van der Waals surface area contributed by atoms with Gasteiger partial charge in [-0.15, -0.1) is 0 Å². The molecule has 0 saturated heterocycles. The minimum atomic E-state index is -0.597. The largest absolute Gasteiger partial charge is 0.479 e. The van der Waals surface area contributed by atoms with Gasteiger partial charge in [0.25, 0.3) is 5.91 Å². The van der Waals surface area contributed by atoms with E-state index in [0.29, 0.717) is 17.3 Å². The smallest absolute Gasteiger partial charge is 0.260 e. The van der Waals surface area contributed by atoms with E-state index in [1.54, 1.807) is 19.1 Å². The molecule has 1 atom stereocenters. The van der Waals surface area contributed by atoms with E-state index in [0.717, 1.165) is 19.3 Å². The molecular weight excluding hydrogens is 278 g/mol. The standard InChI is InChI=1S/C15H20ClNO3/c1-11(20-13-5-3-2-4-12(13)16)14(19)17-10-15(6-7-15)8-9-18/h2-5,11,18H,6-10H2,1H3,(H,17,19). The quantitative estimate of drug-likeness (QED) is 0.812. The first-order valence-electron chi connectivity index (χ1n) is 6.86. The maximum atomic E-state index is 12.0. The second kappa shape index (κ2) is 6.46. The van der Waals surface area contributed by atoms with Crippen molar-refractivity contribution in [1.29, 1.82) is 0 Å². The highest BCUT2D eigenvalue weighted by molar-refractivity contribution is 6.32. The molecule has 1 amide bonds. The topological polar surface area (TPSA) is 58.6 Å². The molecule has 0 aliphatic heterocycles. The summed E-state index contributed by atoms with van der Waals surface area (Å²) in [4.78, 5) is 12.0. The average molecular weight is 298 g/mol. The Morgan fingerprint density at radius 3 is 2.80 bits per heavy atom. The maximum Gasteiger partial charge on any atom is 0.260 e. The number of amides is 1. The highest BCUT2D eigenvalue weighted by Crippen LogP contribution is 2.47. The number of hydrogen-bond donors (Lipinski definition) is 2. The molecule has 1 aliphatic carbocycles. The average Bonchev–Trinajstić information content (AvgIpc) is 3.19. The summed E-state index contributed by atoms with van der Waals surface area (Å²) in [7, 11) is 0. The molecule has 1 aliphatic rings. The van der Waals surface area contributed by atoms with Gasteiger partial charge in [-0.2, -0.15) is 0 Å². The lowest BCUT2D eigenvalue weighted by atomic mass is 10.0. The van der Waals surface area contributed by atoms with Crippen LogP contribution in [0.2, 0.25) is 5.02 Å². The lowest BCUT2D eigenvalue weighted by Gasteiger charge is -2.18. The van der Waals surface area contributed by atoms with E-state index in [4.69, 9.17) is 21.4 Å². The Hall–Kier alpha value is -1.26. The van der Waals surface area contributed by atoms with Crippen LogP contribution in [0.15, 0.2) is 24.3 Å². The highest BCUT2D eigenvalue weighted by atomic mass is 35.5. The second-order valence-corrected chi connectivity index (χ2v) is 5.79. The molecule has 0 aromatic heterocycles. The molecule has 1 aromatic rings. The fourth-order valence-corrected chi connectivity index (χ4v) is 2.31. The zero-order valence-corrected chi connectivity index (χ0v) is 12.3. The zero-order valence-electron chi connectivity index (χ0n) is 11.6. The van der Waals surface area contributed by atoms with Gasteiger partial charge in [-0.3, -0.25) is 4.79 Å². The van der Waals surface area contributed by atoms with E-state index in [2.05, 4.69) is 5.32 Å². The molecule has 4 nitrogen and oxygen atoms in total. The number of carbonyl (C=O) groups is 1. The van der Waals surface area contributed by atoms with Crippen LogP contribution in [0.1, 0.15) is 26.2 Å². The SMILES string of the molecule is CC(Oc1ccccc1Cl)C(=O)NCC1(CCO)CC1. The van der Waals surface area contributed by atoms with Gasteiger partial charge in [-0.05, 0) is 43.7 Å². The molecule has 1 unspecified atom stereocenters. The Morgan fingerprint density at radius 1 is 1.50 bits per heavy atom. The molecule has 0 bridgehead atoms. The van der Waals surface area contributed by atoms with Gasteiger partial charge in [0, 0.05) is 13.2 Å². The Balaban J connectivity index is 1.82. The number of aliphatic hydroxyl groups excluding tert-OH is 1. The van der Waals surface area contributed by atoms with Crippen LogP contribution in [0, 0.1) is 5.41 Å². The van der Waals surface area contributed by atoms with Crippen molar-refractivity contribution >= 4 is 17.5 Å². The number of nitrogens with one attached hydrogen (secondary N) is 1. The number of hydrogen-bond acceptors (Lipinski definition) is 3. The van der Waals surface area contributed by atoms with E-state index in [9.17, 15) is 4.79 Å². The summed E-state index contributed by atoms with van der Waals surface area (Å²) in [6.07, 6.45) is 2.27. The molecule has 0 radical (unpaired) electrons. The van der Waals surface area contributed by atoms with Crippen LogP contribution in [-0.4, -0.2) is 30.3 Å². The van der Waals surface area contributed by atoms with Crippen LogP contribution >= 0.6 is 11.6 Å². The Labute approximate surface area is 124 Å². The lowest BCUT2D eigenvalue weighted by Crippen LogP contribution is -2.39. The fourth-order valence-electron chi connectivity index (χ4n) is 2.13. The molecule has 5 heteroatoms. The van der Waals surface area contributed by atoms with Gasteiger partial charge in [-0.1, -0.05) is 23.7 Å². The molecule has 110 valence electrons. The van der Waals surface area contributed by atoms with Gasteiger partial charge in [0.15, 0.2) is 6.10 Å². The van der Waals surface area contributed by atoms with Gasteiger partial charge in [0.1, 0.15) is 5.75 Å². The number of aliphatic hydroxyl groups is 1. The monoisotopic (exact) mass is 297 g/mol. The second-order valence-electron chi connectivity index (χ2n) is 5.38. The Morgan fingerprint density at radius 2 is 2.20 bits per heavy atom. The normalized spacial score (nSPS) is 17.4. The number of halogens is 1. The lowest BCUT2D eigenvalue weighted by molar-refractivity contribution is -0.127. The first-order valence-corrected chi connectivity index (χ1v) is 7.24. The van der Waals surface area contributed by atoms with Crippen LogP contribution in [0.25, 0.3) is 0 Å². The minimum absolute atomic E-state index is 0.106. The van der Waals surface area contributed by atoms with Crippen LogP contribution in [0.5, 0.6) is 5.75 Å². The van der Waals surface area contributed by atoms with Crippen LogP contribution in [0.4, 0.5) is 0 Å². The molecule has 1 saturated carbocycles. The van der Waals surface area contributed by atoms with E-state index in [1.807, 2.05) is 12.1 Å². The van der Waals surface area contributed by atoms with E-state index < -0.39 is 6.10 Å². The Bertz CT molecular complexity index is 474. The molecular formula is C15H20ClNO3. The van der Waals surface area contributed by atoms with E-state index >= 15 is 0 Å². The third-order valence-electron chi connectivity index (χ3n) is 3.75. The van der Waals surface area contributed by atoms with Gasteiger partial charge in [0.05, 0.1) is 5.02 Å². The van der Waals surface area contributed by atoms with Crippen molar-refractivity contribution in [2.75, 3.05) is 13.2 Å². The van der Waals surface area contributed by atoms with Gasteiger partial charge < -0.3 is 15.2 Å². The number of carbonyl (C=O) groups excluding carboxylic acids is 1. The van der Waals surface area contributed by atoms with Crippen molar-refractivity contribution in [3.63, 3.8) is 0 Å². The first-order chi connectivity index (χ1) is 9.56. The zero-order chi connectivity index (χ0) is 14.6. The highest BCUT2D eigenvalue weighted by Gasteiger charge is 2.42. The molecule has 20 heavy (non-hydrogen) atoms. The van der Waals surface area contributed by atoms with E-state index in [1.165, 1.54) is 0 Å². The summed E-state index contributed by atoms with van der Waals surface area (Å²) in [5, 5.41) is 12.4. The van der Waals surface area contributed by atoms with Crippen LogP contribution < -0.4 is 10.1 Å². The number of para-hydroxylation sites is 1. The molecule has 1 aromatic carbocycles. The van der Waals surface area contributed by atoms with Gasteiger partial charge >= 0.3 is 0 Å². The fraction of sp³-hybridized carbons (Fsp3) is 0.533. The summed E-state index contributed by atoms with van der Waals surface area (Å²) < 4.78 is 5.56. The van der Waals surface area contributed by atoms with Crippen molar-refractivity contribution in [3.8, 4) is 5.75 Å². The van der Waals surface area contributed by atoms with Crippen molar-refractivity contribution in [3.05, 3.63) is 29.3 Å². The van der Waals surface area contributed by atoms with Crippen molar-refractivity contribution < 1.29 is 14.6 Å². The first kappa shape index (κ1) is 15.1. The summed E-state index contributed by atoms with van der Waals surface area (Å²) in [5.74, 6) is 0.349. The van der Waals surface area contributed by atoms with Crippen LogP contribution in [0.3, 0.4) is 0 Å². The van der Waals surface area contributed by atoms with Crippen molar-refractivity contribution in [2.45, 2.75) is 32.3 Å². The van der Waals surface area contributed by atoms with Crippen molar-refractivity contribution in [2.24, 2.45) is 5.41 Å². The van der Waals surface area contributed by atoms with Crippen LogP contribution in [-0.2, 0) is 4.79 Å². The minimum Gasteiger partial charge on any atom is -0.479 e.